The van der Waals surface area contributed by atoms with E-state index in [9.17, 15) is 4.79 Å². The van der Waals surface area contributed by atoms with Crippen molar-refractivity contribution in [3.63, 3.8) is 0 Å². The van der Waals surface area contributed by atoms with Gasteiger partial charge in [0.15, 0.2) is 0 Å². The van der Waals surface area contributed by atoms with Gasteiger partial charge in [-0.2, -0.15) is 5.10 Å². The number of para-hydroxylation sites is 1. The van der Waals surface area contributed by atoms with Crippen LogP contribution in [0.2, 0.25) is 0 Å². The highest BCUT2D eigenvalue weighted by Crippen LogP contribution is 2.34. The lowest BCUT2D eigenvalue weighted by molar-refractivity contribution is -0.130. The smallest absolute Gasteiger partial charge is 0.253 e. The molecule has 0 N–H and O–H groups in total. The third-order valence-corrected chi connectivity index (χ3v) is 7.26. The van der Waals surface area contributed by atoms with Crippen LogP contribution in [0.4, 0.5) is 0 Å². The molecule has 1 aliphatic heterocycles. The van der Waals surface area contributed by atoms with E-state index in [-0.39, 0.29) is 17.7 Å². The van der Waals surface area contributed by atoms with Gasteiger partial charge in [0.2, 0.25) is 0 Å². The van der Waals surface area contributed by atoms with Crippen molar-refractivity contribution in [2.24, 2.45) is 5.10 Å². The molecule has 5 nitrogen and oxygen atoms in total. The zero-order chi connectivity index (χ0) is 23.6. The van der Waals surface area contributed by atoms with E-state index in [2.05, 4.69) is 52.4 Å². The number of fused-ring (bicyclic) bond motifs is 2. The van der Waals surface area contributed by atoms with Gasteiger partial charge >= 0.3 is 0 Å². The molecule has 1 amide bonds. The van der Waals surface area contributed by atoms with Crippen molar-refractivity contribution < 1.29 is 4.79 Å². The van der Waals surface area contributed by atoms with Crippen molar-refractivity contribution in [1.29, 1.82) is 0 Å². The molecule has 0 saturated carbocycles. The highest BCUT2D eigenvalue weighted by molar-refractivity contribution is 8.00. The van der Waals surface area contributed by atoms with Crippen molar-refractivity contribution in [3.05, 3.63) is 115 Å². The molecule has 0 aliphatic carbocycles. The fourth-order valence-electron chi connectivity index (χ4n) is 4.51. The summed E-state index contributed by atoms with van der Waals surface area (Å²) in [6.07, 6.45) is 2.23. The minimum absolute atomic E-state index is 0.0395. The third-order valence-electron chi connectivity index (χ3n) is 6.27. The monoisotopic (exact) mass is 474 g/mol. The highest BCUT2D eigenvalue weighted by Gasteiger charge is 2.33. The molecule has 1 aliphatic rings. The number of amides is 1. The van der Waals surface area contributed by atoms with Crippen LogP contribution in [0.1, 0.15) is 23.6 Å². The molecule has 5 aromatic rings. The SMILES string of the molecule is O=C(CSc1ncnc2ccccc12)N1N=C(c2ccc3ccccc3c2)CC1c1ccccc1. The van der Waals surface area contributed by atoms with E-state index in [1.807, 2.05) is 54.6 Å². The lowest BCUT2D eigenvalue weighted by Crippen LogP contribution is -2.28. The molecule has 0 bridgehead atoms. The van der Waals surface area contributed by atoms with E-state index < -0.39 is 0 Å². The van der Waals surface area contributed by atoms with Gasteiger partial charge in [-0.15, -0.1) is 0 Å². The van der Waals surface area contributed by atoms with Crippen LogP contribution in [0.3, 0.4) is 0 Å². The number of hydrogen-bond donors (Lipinski definition) is 0. The van der Waals surface area contributed by atoms with Gasteiger partial charge in [-0.3, -0.25) is 4.79 Å². The fourth-order valence-corrected chi connectivity index (χ4v) is 5.35. The fraction of sp³-hybridized carbons (Fsp3) is 0.103. The van der Waals surface area contributed by atoms with E-state index in [1.54, 1.807) is 11.3 Å². The van der Waals surface area contributed by atoms with E-state index in [1.165, 1.54) is 22.5 Å². The van der Waals surface area contributed by atoms with Crippen molar-refractivity contribution in [2.45, 2.75) is 17.5 Å². The van der Waals surface area contributed by atoms with Gasteiger partial charge in [-0.1, -0.05) is 96.7 Å². The van der Waals surface area contributed by atoms with Crippen molar-refractivity contribution in [3.8, 4) is 0 Å². The van der Waals surface area contributed by atoms with Gasteiger partial charge in [0.05, 0.1) is 23.0 Å². The molecule has 4 aromatic carbocycles. The molecule has 1 atom stereocenters. The number of carbonyl (C=O) groups is 1. The molecular formula is C29H22N4OS. The Bertz CT molecular complexity index is 1560. The summed E-state index contributed by atoms with van der Waals surface area (Å²) in [5.74, 6) is 0.209. The van der Waals surface area contributed by atoms with Crippen LogP contribution < -0.4 is 0 Å². The number of benzene rings is 4. The van der Waals surface area contributed by atoms with Gasteiger partial charge in [0.1, 0.15) is 11.4 Å². The summed E-state index contributed by atoms with van der Waals surface area (Å²) in [6, 6.07) is 32.5. The number of hydrogen-bond acceptors (Lipinski definition) is 5. The van der Waals surface area contributed by atoms with Crippen molar-refractivity contribution in [1.82, 2.24) is 15.0 Å². The highest BCUT2D eigenvalue weighted by atomic mass is 32.2. The molecule has 1 aromatic heterocycles. The second-order valence-electron chi connectivity index (χ2n) is 8.46. The second kappa shape index (κ2) is 9.31. The summed E-state index contributed by atoms with van der Waals surface area (Å²) in [7, 11) is 0. The standard InChI is InChI=1S/C29H22N4OS/c34-28(18-35-29-24-12-6-7-13-25(24)30-19-31-29)33-27(21-9-2-1-3-10-21)17-26(32-33)23-15-14-20-8-4-5-11-22(20)16-23/h1-16,19,27H,17-18H2. The summed E-state index contributed by atoms with van der Waals surface area (Å²) >= 11 is 1.43. The number of nitrogens with zero attached hydrogens (tertiary/aromatic N) is 4. The third kappa shape index (κ3) is 4.29. The van der Waals surface area contributed by atoms with E-state index in [4.69, 9.17) is 5.10 Å². The van der Waals surface area contributed by atoms with Crippen LogP contribution in [0, 0.1) is 0 Å². The van der Waals surface area contributed by atoms with Crippen LogP contribution in [-0.4, -0.2) is 32.3 Å². The summed E-state index contributed by atoms with van der Waals surface area (Å²) in [4.78, 5) is 22.2. The van der Waals surface area contributed by atoms with Crippen LogP contribution in [-0.2, 0) is 4.79 Å². The lowest BCUT2D eigenvalue weighted by atomic mass is 9.97. The maximum Gasteiger partial charge on any atom is 0.253 e. The average Bonchev–Trinajstić information content (AvgIpc) is 3.38. The Morgan fingerprint density at radius 1 is 0.857 bits per heavy atom. The second-order valence-corrected chi connectivity index (χ2v) is 9.43. The number of carbonyl (C=O) groups excluding carboxylic acids is 1. The number of rotatable bonds is 5. The number of hydrazone groups is 1. The zero-order valence-electron chi connectivity index (χ0n) is 18.9. The molecule has 6 rings (SSSR count). The van der Waals surface area contributed by atoms with Gasteiger partial charge in [0.25, 0.3) is 5.91 Å². The molecule has 35 heavy (non-hydrogen) atoms. The van der Waals surface area contributed by atoms with Gasteiger partial charge < -0.3 is 0 Å². The Labute approximate surface area is 207 Å². The molecule has 6 heteroatoms. The quantitative estimate of drug-likeness (QED) is 0.223. The average molecular weight is 475 g/mol. The molecule has 0 spiro atoms. The van der Waals surface area contributed by atoms with Crippen LogP contribution >= 0.6 is 11.8 Å². The molecule has 2 heterocycles. The maximum atomic E-state index is 13.5. The lowest BCUT2D eigenvalue weighted by Gasteiger charge is -2.22. The summed E-state index contributed by atoms with van der Waals surface area (Å²) < 4.78 is 0. The Kier molecular flexibility index (Phi) is 5.72. The van der Waals surface area contributed by atoms with Gasteiger partial charge in [-0.25, -0.2) is 15.0 Å². The first-order valence-electron chi connectivity index (χ1n) is 11.5. The number of thioether (sulfide) groups is 1. The van der Waals surface area contributed by atoms with Crippen LogP contribution in [0.5, 0.6) is 0 Å². The first-order chi connectivity index (χ1) is 17.3. The molecule has 170 valence electrons. The predicted octanol–water partition coefficient (Wildman–Crippen LogP) is 6.25. The predicted molar refractivity (Wildman–Crippen MR) is 141 cm³/mol. The van der Waals surface area contributed by atoms with Crippen LogP contribution in [0.25, 0.3) is 21.7 Å². The summed E-state index contributed by atoms with van der Waals surface area (Å²) in [5.41, 5.74) is 3.93. The Balaban J connectivity index is 1.30. The van der Waals surface area contributed by atoms with E-state index >= 15 is 0 Å². The maximum absolute atomic E-state index is 13.5. The van der Waals surface area contributed by atoms with Crippen LogP contribution in [0.15, 0.2) is 114 Å². The summed E-state index contributed by atoms with van der Waals surface area (Å²) in [6.45, 7) is 0. The zero-order valence-corrected chi connectivity index (χ0v) is 19.7. The Hall–Kier alpha value is -4.03. The molecule has 0 fully saturated rings. The topological polar surface area (TPSA) is 58.5 Å². The minimum atomic E-state index is -0.132. The van der Waals surface area contributed by atoms with E-state index in [0.717, 1.165) is 32.8 Å². The van der Waals surface area contributed by atoms with Gasteiger partial charge in [0, 0.05) is 11.8 Å². The summed E-state index contributed by atoms with van der Waals surface area (Å²) in [5, 5.41) is 10.6. The molecule has 0 radical (unpaired) electrons. The molecule has 1 unspecified atom stereocenters. The Morgan fingerprint density at radius 2 is 1.63 bits per heavy atom. The first-order valence-corrected chi connectivity index (χ1v) is 12.5. The molecule has 0 saturated heterocycles. The van der Waals surface area contributed by atoms with Crippen molar-refractivity contribution >= 4 is 45.1 Å². The molecular weight excluding hydrogens is 452 g/mol. The largest absolute Gasteiger partial charge is 0.272 e. The number of aromatic nitrogens is 2. The van der Waals surface area contributed by atoms with Crippen molar-refractivity contribution in [2.75, 3.05) is 5.75 Å². The minimum Gasteiger partial charge on any atom is -0.272 e. The first kappa shape index (κ1) is 21.5. The van der Waals surface area contributed by atoms with Gasteiger partial charge in [-0.05, 0) is 34.0 Å². The Morgan fingerprint density at radius 3 is 2.51 bits per heavy atom. The normalized spacial score (nSPS) is 15.5. The van der Waals surface area contributed by atoms with E-state index in [0.29, 0.717) is 6.42 Å².